The molecular formula is C30H31ClN4O2. The van der Waals surface area contributed by atoms with Crippen LogP contribution in [0.2, 0.25) is 5.02 Å². The topological polar surface area (TPSA) is 65.0 Å². The van der Waals surface area contributed by atoms with Gasteiger partial charge in [-0.2, -0.15) is 0 Å². The van der Waals surface area contributed by atoms with Crippen molar-refractivity contribution in [3.63, 3.8) is 0 Å². The fourth-order valence-electron chi connectivity index (χ4n) is 5.15. The van der Waals surface area contributed by atoms with Gasteiger partial charge in [-0.15, -0.1) is 0 Å². The number of benzene rings is 3. The van der Waals surface area contributed by atoms with Crippen molar-refractivity contribution in [2.45, 2.75) is 32.1 Å². The molecule has 3 aromatic rings. The number of aliphatic imine (C=N–C) groups is 1. The zero-order valence-corrected chi connectivity index (χ0v) is 21.7. The van der Waals surface area contributed by atoms with E-state index in [-0.39, 0.29) is 11.8 Å². The zero-order chi connectivity index (χ0) is 25.8. The Balaban J connectivity index is 1.43. The van der Waals surface area contributed by atoms with Crippen molar-refractivity contribution in [3.8, 4) is 0 Å². The fourth-order valence-corrected chi connectivity index (χ4v) is 5.32. The van der Waals surface area contributed by atoms with Crippen LogP contribution in [0, 0.1) is 0 Å². The maximum Gasteiger partial charge on any atom is 0.238 e. The number of carbonyl (C=O) groups excluding carboxylic acids is 2. The largest absolute Gasteiger partial charge is 0.325 e. The number of nitrogens with one attached hydrogen (secondary N) is 1. The molecule has 0 bridgehead atoms. The Kier molecular flexibility index (Phi) is 7.68. The van der Waals surface area contributed by atoms with Gasteiger partial charge in [0, 0.05) is 36.4 Å². The molecule has 5 rings (SSSR count). The highest BCUT2D eigenvalue weighted by atomic mass is 35.5. The van der Waals surface area contributed by atoms with E-state index in [0.717, 1.165) is 42.1 Å². The summed E-state index contributed by atoms with van der Waals surface area (Å²) in [5.41, 5.74) is 4.68. The molecule has 2 amide bonds. The predicted octanol–water partition coefficient (Wildman–Crippen LogP) is 6.04. The number of nitrogens with zero attached hydrogens (tertiary/aromatic N) is 3. The van der Waals surface area contributed by atoms with Crippen LogP contribution in [0.4, 0.5) is 17.1 Å². The molecule has 3 aromatic carbocycles. The van der Waals surface area contributed by atoms with E-state index >= 15 is 0 Å². The van der Waals surface area contributed by atoms with Crippen molar-refractivity contribution in [3.05, 3.63) is 88.9 Å². The summed E-state index contributed by atoms with van der Waals surface area (Å²) in [6.07, 6.45) is 3.75. The van der Waals surface area contributed by atoms with Gasteiger partial charge in [0.2, 0.25) is 11.8 Å². The third-order valence-corrected chi connectivity index (χ3v) is 7.30. The number of hydrogen-bond acceptors (Lipinski definition) is 4. The van der Waals surface area contributed by atoms with Crippen molar-refractivity contribution in [2.24, 2.45) is 4.99 Å². The van der Waals surface area contributed by atoms with Crippen LogP contribution in [0.25, 0.3) is 0 Å². The lowest BCUT2D eigenvalue weighted by Crippen LogP contribution is -2.39. The van der Waals surface area contributed by atoms with Gasteiger partial charge in [0.05, 0.1) is 11.4 Å². The van der Waals surface area contributed by atoms with Gasteiger partial charge in [-0.1, -0.05) is 54.4 Å². The summed E-state index contributed by atoms with van der Waals surface area (Å²) in [6.45, 7) is 5.35. The Bertz CT molecular complexity index is 1300. The van der Waals surface area contributed by atoms with E-state index in [2.05, 4.69) is 10.2 Å². The van der Waals surface area contributed by atoms with Crippen LogP contribution < -0.4 is 10.2 Å². The minimum absolute atomic E-state index is 0.0242. The molecule has 1 fully saturated rings. The monoisotopic (exact) mass is 514 g/mol. The van der Waals surface area contributed by atoms with Crippen molar-refractivity contribution < 1.29 is 9.59 Å². The first-order valence-electron chi connectivity index (χ1n) is 12.8. The average Bonchev–Trinajstić information content (AvgIpc) is 3.23. The maximum absolute atomic E-state index is 13.1. The van der Waals surface area contributed by atoms with E-state index in [1.54, 1.807) is 19.1 Å². The first-order valence-corrected chi connectivity index (χ1v) is 13.2. The third kappa shape index (κ3) is 5.76. The Hall–Kier alpha value is -3.48. The van der Waals surface area contributed by atoms with Crippen LogP contribution in [-0.2, 0) is 9.59 Å². The molecule has 1 unspecified atom stereocenters. The first-order chi connectivity index (χ1) is 18.0. The number of amides is 2. The van der Waals surface area contributed by atoms with Gasteiger partial charge in [-0.3, -0.25) is 14.6 Å². The second kappa shape index (κ2) is 11.3. The second-order valence-corrected chi connectivity index (χ2v) is 10.0. The lowest BCUT2D eigenvalue weighted by molar-refractivity contribution is -0.117. The quantitative estimate of drug-likeness (QED) is 0.391. The molecule has 1 N–H and O–H groups in total. The lowest BCUT2D eigenvalue weighted by Gasteiger charge is -2.29. The molecule has 2 aliphatic heterocycles. The predicted molar refractivity (Wildman–Crippen MR) is 150 cm³/mol. The molecule has 1 saturated heterocycles. The summed E-state index contributed by atoms with van der Waals surface area (Å²) in [5, 5.41) is 3.52. The summed E-state index contributed by atoms with van der Waals surface area (Å²) in [4.78, 5) is 34.7. The third-order valence-electron chi connectivity index (χ3n) is 7.07. The number of hydrogen-bond donors (Lipinski definition) is 1. The highest BCUT2D eigenvalue weighted by Gasteiger charge is 2.35. The van der Waals surface area contributed by atoms with E-state index in [4.69, 9.17) is 16.6 Å². The molecule has 7 heteroatoms. The van der Waals surface area contributed by atoms with Gasteiger partial charge in [-0.25, -0.2) is 0 Å². The van der Waals surface area contributed by atoms with E-state index in [1.807, 2.05) is 65.6 Å². The molecule has 0 aliphatic carbocycles. The molecular weight excluding hydrogens is 484 g/mol. The van der Waals surface area contributed by atoms with E-state index in [0.29, 0.717) is 23.0 Å². The van der Waals surface area contributed by atoms with Crippen LogP contribution >= 0.6 is 11.6 Å². The number of carbonyl (C=O) groups is 2. The normalized spacial score (nSPS) is 17.8. The fraction of sp³-hybridized carbons (Fsp3) is 0.300. The van der Waals surface area contributed by atoms with Gasteiger partial charge in [0.1, 0.15) is 5.92 Å². The van der Waals surface area contributed by atoms with Crippen molar-refractivity contribution in [1.29, 1.82) is 0 Å². The summed E-state index contributed by atoms with van der Waals surface area (Å²) >= 11 is 6.16. The van der Waals surface area contributed by atoms with Crippen molar-refractivity contribution in [1.82, 2.24) is 4.90 Å². The molecule has 1 atom stereocenters. The van der Waals surface area contributed by atoms with E-state index < -0.39 is 5.92 Å². The molecule has 2 heterocycles. The van der Waals surface area contributed by atoms with Gasteiger partial charge < -0.3 is 15.1 Å². The van der Waals surface area contributed by atoms with Crippen LogP contribution in [0.15, 0.2) is 77.8 Å². The number of piperidine rings is 1. The second-order valence-electron chi connectivity index (χ2n) is 9.61. The summed E-state index contributed by atoms with van der Waals surface area (Å²) < 4.78 is 0. The minimum atomic E-state index is -0.549. The maximum atomic E-state index is 13.1. The Morgan fingerprint density at radius 1 is 1.03 bits per heavy atom. The number of rotatable bonds is 7. The molecule has 2 aliphatic rings. The Labute approximate surface area is 223 Å². The van der Waals surface area contributed by atoms with Crippen molar-refractivity contribution >= 4 is 46.2 Å². The van der Waals surface area contributed by atoms with E-state index in [9.17, 15) is 9.59 Å². The SMILES string of the molecule is CC(=O)N(CCN1CCCCC1)c1ccc(N=C(c2ccccc2)C2C(=O)Nc3cc(Cl)ccc32)cc1. The smallest absolute Gasteiger partial charge is 0.238 e. The standard InChI is InChI=1S/C30H31ClN4O2/c1-21(36)35(19-18-34-16-6-3-7-17-34)25-13-11-24(12-14-25)32-29(22-8-4-2-5-9-22)28-26-15-10-23(31)20-27(26)33-30(28)37/h2,4-5,8-15,20,28H,3,6-7,16-19H2,1H3,(H,33,37). The number of likely N-dealkylation sites (tertiary alicyclic amines) is 1. The Morgan fingerprint density at radius 3 is 2.46 bits per heavy atom. The summed E-state index contributed by atoms with van der Waals surface area (Å²) in [6, 6.07) is 22.9. The molecule has 0 saturated carbocycles. The summed E-state index contributed by atoms with van der Waals surface area (Å²) in [7, 11) is 0. The van der Waals surface area contributed by atoms with Crippen LogP contribution in [0.5, 0.6) is 0 Å². The molecule has 0 spiro atoms. The van der Waals surface area contributed by atoms with Gasteiger partial charge in [-0.05, 0) is 73.5 Å². The first kappa shape index (κ1) is 25.2. The zero-order valence-electron chi connectivity index (χ0n) is 21.0. The molecule has 6 nitrogen and oxygen atoms in total. The number of anilines is 2. The minimum Gasteiger partial charge on any atom is -0.325 e. The molecule has 37 heavy (non-hydrogen) atoms. The van der Waals surface area contributed by atoms with E-state index in [1.165, 1.54) is 19.3 Å². The molecule has 190 valence electrons. The van der Waals surface area contributed by atoms with Gasteiger partial charge in [0.25, 0.3) is 0 Å². The Morgan fingerprint density at radius 2 is 1.76 bits per heavy atom. The lowest BCUT2D eigenvalue weighted by atomic mass is 9.90. The van der Waals surface area contributed by atoms with Crippen molar-refractivity contribution in [2.75, 3.05) is 36.4 Å². The number of halogens is 1. The summed E-state index contributed by atoms with van der Waals surface area (Å²) in [5.74, 6) is -0.652. The molecule has 0 radical (unpaired) electrons. The van der Waals surface area contributed by atoms with Crippen LogP contribution in [0.1, 0.15) is 43.2 Å². The van der Waals surface area contributed by atoms with Gasteiger partial charge >= 0.3 is 0 Å². The van der Waals surface area contributed by atoms with Crippen LogP contribution in [-0.4, -0.2) is 48.6 Å². The highest BCUT2D eigenvalue weighted by molar-refractivity contribution is 6.31. The highest BCUT2D eigenvalue weighted by Crippen LogP contribution is 2.37. The van der Waals surface area contributed by atoms with Gasteiger partial charge in [0.15, 0.2) is 0 Å². The average molecular weight is 515 g/mol. The van der Waals surface area contributed by atoms with Crippen LogP contribution in [0.3, 0.4) is 0 Å². The molecule has 0 aromatic heterocycles. The number of fused-ring (bicyclic) bond motifs is 1.